The molecule has 0 saturated carbocycles. The minimum absolute atomic E-state index is 0. The van der Waals surface area contributed by atoms with Gasteiger partial charge in [-0.15, -0.1) is 12.4 Å². The zero-order valence-electron chi connectivity index (χ0n) is 8.69. The largest absolute Gasteiger partial charge is 0.383 e. The SMILES string of the molecule is CCn1ccc(CNCCOC)n1.Cl. The van der Waals surface area contributed by atoms with E-state index in [9.17, 15) is 0 Å². The Bertz CT molecular complexity index is 240. The zero-order chi connectivity index (χ0) is 9.52. The standard InChI is InChI=1S/C9H17N3O.ClH/c1-3-12-6-4-9(11-12)8-10-5-7-13-2;/h4,6,10H,3,5,7-8H2,1-2H3;1H. The molecule has 0 aliphatic rings. The lowest BCUT2D eigenvalue weighted by Crippen LogP contribution is -2.18. The monoisotopic (exact) mass is 219 g/mol. The maximum absolute atomic E-state index is 4.92. The van der Waals surface area contributed by atoms with E-state index in [2.05, 4.69) is 17.3 Å². The number of halogens is 1. The smallest absolute Gasteiger partial charge is 0.0762 e. The van der Waals surface area contributed by atoms with Crippen LogP contribution >= 0.6 is 12.4 Å². The van der Waals surface area contributed by atoms with E-state index in [1.807, 2.05) is 16.9 Å². The van der Waals surface area contributed by atoms with Crippen molar-refractivity contribution >= 4 is 12.4 Å². The molecule has 82 valence electrons. The maximum atomic E-state index is 4.92. The number of hydrogen-bond donors (Lipinski definition) is 1. The highest BCUT2D eigenvalue weighted by atomic mass is 35.5. The number of nitrogens with zero attached hydrogens (tertiary/aromatic N) is 2. The van der Waals surface area contributed by atoms with Gasteiger partial charge in [-0.2, -0.15) is 5.10 Å². The van der Waals surface area contributed by atoms with E-state index in [-0.39, 0.29) is 12.4 Å². The first-order chi connectivity index (χ1) is 6.36. The molecule has 0 radical (unpaired) electrons. The van der Waals surface area contributed by atoms with Crippen LogP contribution in [0.15, 0.2) is 12.3 Å². The fourth-order valence-electron chi connectivity index (χ4n) is 1.06. The summed E-state index contributed by atoms with van der Waals surface area (Å²) < 4.78 is 6.84. The van der Waals surface area contributed by atoms with Gasteiger partial charge in [0.1, 0.15) is 0 Å². The van der Waals surface area contributed by atoms with E-state index in [1.165, 1.54) is 0 Å². The van der Waals surface area contributed by atoms with Crippen molar-refractivity contribution < 1.29 is 4.74 Å². The fourth-order valence-corrected chi connectivity index (χ4v) is 1.06. The average molecular weight is 220 g/mol. The summed E-state index contributed by atoms with van der Waals surface area (Å²) in [4.78, 5) is 0. The Hall–Kier alpha value is -0.580. The number of rotatable bonds is 6. The molecule has 0 spiro atoms. The van der Waals surface area contributed by atoms with Gasteiger partial charge in [0.2, 0.25) is 0 Å². The van der Waals surface area contributed by atoms with Crippen molar-refractivity contribution in [2.75, 3.05) is 20.3 Å². The summed E-state index contributed by atoms with van der Waals surface area (Å²) in [6.07, 6.45) is 1.99. The summed E-state index contributed by atoms with van der Waals surface area (Å²) in [5.74, 6) is 0. The Morgan fingerprint density at radius 2 is 2.36 bits per heavy atom. The van der Waals surface area contributed by atoms with Crippen molar-refractivity contribution in [3.63, 3.8) is 0 Å². The second kappa shape index (κ2) is 7.79. The summed E-state index contributed by atoms with van der Waals surface area (Å²) >= 11 is 0. The first-order valence-electron chi connectivity index (χ1n) is 4.58. The molecule has 1 heterocycles. The number of nitrogens with one attached hydrogen (secondary N) is 1. The topological polar surface area (TPSA) is 39.1 Å². The normalized spacial score (nSPS) is 9.86. The molecule has 5 heteroatoms. The Morgan fingerprint density at radius 1 is 1.57 bits per heavy atom. The molecule has 0 bridgehead atoms. The maximum Gasteiger partial charge on any atom is 0.0762 e. The third kappa shape index (κ3) is 4.60. The molecule has 1 aromatic heterocycles. The molecule has 1 rings (SSSR count). The Morgan fingerprint density at radius 3 is 2.93 bits per heavy atom. The predicted molar refractivity (Wildman–Crippen MR) is 58.7 cm³/mol. The summed E-state index contributed by atoms with van der Waals surface area (Å²) in [6, 6.07) is 2.03. The molecular formula is C9H18ClN3O. The second-order valence-corrected chi connectivity index (χ2v) is 2.83. The summed E-state index contributed by atoms with van der Waals surface area (Å²) in [5, 5.41) is 7.58. The van der Waals surface area contributed by atoms with Crippen molar-refractivity contribution in [3.8, 4) is 0 Å². The summed E-state index contributed by atoms with van der Waals surface area (Å²) in [5.41, 5.74) is 1.08. The van der Waals surface area contributed by atoms with Crippen molar-refractivity contribution in [1.82, 2.24) is 15.1 Å². The number of ether oxygens (including phenoxy) is 1. The molecule has 1 aromatic rings. The molecular weight excluding hydrogens is 202 g/mol. The van der Waals surface area contributed by atoms with Gasteiger partial charge in [-0.05, 0) is 13.0 Å². The van der Waals surface area contributed by atoms with Crippen LogP contribution in [0.4, 0.5) is 0 Å². The minimum atomic E-state index is 0. The van der Waals surface area contributed by atoms with Crippen molar-refractivity contribution in [2.45, 2.75) is 20.0 Å². The molecule has 0 aliphatic carbocycles. The van der Waals surface area contributed by atoms with Gasteiger partial charge < -0.3 is 10.1 Å². The number of methoxy groups -OCH3 is 1. The van der Waals surface area contributed by atoms with Gasteiger partial charge in [0, 0.05) is 32.9 Å². The van der Waals surface area contributed by atoms with Crippen LogP contribution in [0, 0.1) is 0 Å². The van der Waals surface area contributed by atoms with E-state index < -0.39 is 0 Å². The van der Waals surface area contributed by atoms with Crippen LogP contribution in [0.2, 0.25) is 0 Å². The third-order valence-corrected chi connectivity index (χ3v) is 1.81. The van der Waals surface area contributed by atoms with Gasteiger partial charge in [-0.1, -0.05) is 0 Å². The van der Waals surface area contributed by atoms with Gasteiger partial charge >= 0.3 is 0 Å². The molecule has 0 unspecified atom stereocenters. The molecule has 0 atom stereocenters. The van der Waals surface area contributed by atoms with Crippen molar-refractivity contribution in [1.29, 1.82) is 0 Å². The highest BCUT2D eigenvalue weighted by Gasteiger charge is 1.95. The lowest BCUT2D eigenvalue weighted by molar-refractivity contribution is 0.199. The highest BCUT2D eigenvalue weighted by Crippen LogP contribution is 1.94. The lowest BCUT2D eigenvalue weighted by Gasteiger charge is -2.00. The van der Waals surface area contributed by atoms with Crippen LogP contribution in [0.25, 0.3) is 0 Å². The van der Waals surface area contributed by atoms with Crippen LogP contribution in [0.5, 0.6) is 0 Å². The first-order valence-corrected chi connectivity index (χ1v) is 4.58. The molecule has 0 fully saturated rings. The van der Waals surface area contributed by atoms with E-state index in [0.717, 1.165) is 31.9 Å². The van der Waals surface area contributed by atoms with Crippen LogP contribution in [0.3, 0.4) is 0 Å². The average Bonchev–Trinajstić information content (AvgIpc) is 2.60. The van der Waals surface area contributed by atoms with E-state index in [4.69, 9.17) is 4.74 Å². The Kier molecular flexibility index (Phi) is 7.47. The van der Waals surface area contributed by atoms with E-state index in [0.29, 0.717) is 0 Å². The molecule has 1 N–H and O–H groups in total. The van der Waals surface area contributed by atoms with Crippen LogP contribution in [0.1, 0.15) is 12.6 Å². The molecule has 4 nitrogen and oxygen atoms in total. The molecule has 0 aromatic carbocycles. The van der Waals surface area contributed by atoms with Gasteiger partial charge in [-0.3, -0.25) is 4.68 Å². The second-order valence-electron chi connectivity index (χ2n) is 2.83. The van der Waals surface area contributed by atoms with Gasteiger partial charge in [0.15, 0.2) is 0 Å². The quantitative estimate of drug-likeness (QED) is 0.728. The van der Waals surface area contributed by atoms with Crippen LogP contribution in [-0.2, 0) is 17.8 Å². The minimum Gasteiger partial charge on any atom is -0.383 e. The third-order valence-electron chi connectivity index (χ3n) is 1.81. The van der Waals surface area contributed by atoms with Crippen molar-refractivity contribution in [3.05, 3.63) is 18.0 Å². The predicted octanol–water partition coefficient (Wildman–Crippen LogP) is 1.06. The van der Waals surface area contributed by atoms with E-state index >= 15 is 0 Å². The lowest BCUT2D eigenvalue weighted by atomic mass is 10.4. The molecule has 0 amide bonds. The van der Waals surface area contributed by atoms with E-state index in [1.54, 1.807) is 7.11 Å². The number of aryl methyl sites for hydroxylation is 1. The van der Waals surface area contributed by atoms with Gasteiger partial charge in [0.25, 0.3) is 0 Å². The Labute approximate surface area is 91.0 Å². The van der Waals surface area contributed by atoms with Gasteiger partial charge in [-0.25, -0.2) is 0 Å². The number of hydrogen-bond acceptors (Lipinski definition) is 3. The highest BCUT2D eigenvalue weighted by molar-refractivity contribution is 5.85. The molecule has 0 aliphatic heterocycles. The zero-order valence-corrected chi connectivity index (χ0v) is 9.51. The van der Waals surface area contributed by atoms with Crippen molar-refractivity contribution in [2.24, 2.45) is 0 Å². The van der Waals surface area contributed by atoms with Gasteiger partial charge in [0.05, 0.1) is 12.3 Å². The summed E-state index contributed by atoms with van der Waals surface area (Å²) in [7, 11) is 1.70. The fraction of sp³-hybridized carbons (Fsp3) is 0.667. The molecule has 14 heavy (non-hydrogen) atoms. The summed E-state index contributed by atoms with van der Waals surface area (Å²) in [6.45, 7) is 5.44. The Balaban J connectivity index is 0.00000169. The molecule has 0 saturated heterocycles. The first kappa shape index (κ1) is 13.4. The number of aromatic nitrogens is 2. The van der Waals surface area contributed by atoms with Crippen LogP contribution in [-0.4, -0.2) is 30.0 Å². The van der Waals surface area contributed by atoms with Crippen LogP contribution < -0.4 is 5.32 Å².